The van der Waals surface area contributed by atoms with Gasteiger partial charge in [0.15, 0.2) is 0 Å². The van der Waals surface area contributed by atoms with E-state index in [1.54, 1.807) is 24.3 Å². The molecule has 0 radical (unpaired) electrons. The Bertz CT molecular complexity index is 452. The Morgan fingerprint density at radius 1 is 1.11 bits per heavy atom. The Labute approximate surface area is 112 Å². The van der Waals surface area contributed by atoms with Gasteiger partial charge in [-0.25, -0.2) is 0 Å². The van der Waals surface area contributed by atoms with Gasteiger partial charge in [-0.15, -0.1) is 0 Å². The lowest BCUT2D eigenvalue weighted by Crippen LogP contribution is -2.18. The van der Waals surface area contributed by atoms with Gasteiger partial charge >= 0.3 is 0 Å². The molecule has 2 rings (SSSR count). The van der Waals surface area contributed by atoms with Crippen LogP contribution in [0.3, 0.4) is 0 Å². The molecule has 1 fully saturated rings. The lowest BCUT2D eigenvalue weighted by atomic mass is 10.2. The zero-order chi connectivity index (χ0) is 13.7. The fourth-order valence-electron chi connectivity index (χ4n) is 1.69. The Morgan fingerprint density at radius 2 is 1.68 bits per heavy atom. The van der Waals surface area contributed by atoms with Crippen LogP contribution in [0.4, 0.5) is 11.4 Å². The lowest BCUT2D eigenvalue weighted by molar-refractivity contribution is -0.117. The quantitative estimate of drug-likeness (QED) is 0.728. The Hall–Kier alpha value is -1.88. The van der Waals surface area contributed by atoms with E-state index in [1.165, 1.54) is 0 Å². The van der Waals surface area contributed by atoms with Gasteiger partial charge in [0.2, 0.25) is 11.8 Å². The van der Waals surface area contributed by atoms with Gasteiger partial charge in [0, 0.05) is 30.3 Å². The summed E-state index contributed by atoms with van der Waals surface area (Å²) in [5.74, 6) is 0.260. The highest BCUT2D eigenvalue weighted by atomic mass is 16.2. The fourth-order valence-corrected chi connectivity index (χ4v) is 1.69. The molecule has 3 N–H and O–H groups in total. The predicted molar refractivity (Wildman–Crippen MR) is 75.0 cm³/mol. The first-order chi connectivity index (χ1) is 9.19. The molecule has 2 amide bonds. The van der Waals surface area contributed by atoms with Crippen molar-refractivity contribution in [2.45, 2.75) is 19.3 Å². The van der Waals surface area contributed by atoms with Crippen LogP contribution in [0.2, 0.25) is 0 Å². The van der Waals surface area contributed by atoms with Crippen LogP contribution in [-0.4, -0.2) is 25.4 Å². The number of anilines is 2. The SMILES string of the molecule is CNCCC(=O)Nc1ccc(NC(=O)C2CC2)cc1. The number of benzene rings is 1. The van der Waals surface area contributed by atoms with Crippen LogP contribution in [0.15, 0.2) is 24.3 Å². The number of amides is 2. The van der Waals surface area contributed by atoms with Crippen molar-refractivity contribution < 1.29 is 9.59 Å². The number of carbonyl (C=O) groups excluding carboxylic acids is 2. The van der Waals surface area contributed by atoms with Gasteiger partial charge in [0.25, 0.3) is 0 Å². The minimum Gasteiger partial charge on any atom is -0.326 e. The second-order valence-electron chi connectivity index (χ2n) is 4.74. The van der Waals surface area contributed by atoms with Crippen molar-refractivity contribution in [3.8, 4) is 0 Å². The van der Waals surface area contributed by atoms with E-state index in [4.69, 9.17) is 0 Å². The first-order valence-corrected chi connectivity index (χ1v) is 6.54. The highest BCUT2D eigenvalue weighted by molar-refractivity contribution is 5.95. The highest BCUT2D eigenvalue weighted by Gasteiger charge is 2.29. The van der Waals surface area contributed by atoms with Gasteiger partial charge < -0.3 is 16.0 Å². The third-order valence-electron chi connectivity index (χ3n) is 2.99. The molecule has 0 spiro atoms. The van der Waals surface area contributed by atoms with Crippen molar-refractivity contribution >= 4 is 23.2 Å². The third kappa shape index (κ3) is 4.37. The van der Waals surface area contributed by atoms with Crippen molar-refractivity contribution in [1.29, 1.82) is 0 Å². The number of rotatable bonds is 6. The number of hydrogen-bond acceptors (Lipinski definition) is 3. The maximum atomic E-state index is 11.6. The van der Waals surface area contributed by atoms with Gasteiger partial charge in [-0.05, 0) is 44.2 Å². The standard InChI is InChI=1S/C14H19N3O2/c1-15-9-8-13(18)16-11-4-6-12(7-5-11)17-14(19)10-2-3-10/h4-7,10,15H,2-3,8-9H2,1H3,(H,16,18)(H,17,19). The molecule has 0 heterocycles. The number of nitrogens with one attached hydrogen (secondary N) is 3. The van der Waals surface area contributed by atoms with Crippen molar-refractivity contribution in [1.82, 2.24) is 5.32 Å². The van der Waals surface area contributed by atoms with E-state index in [9.17, 15) is 9.59 Å². The summed E-state index contributed by atoms with van der Waals surface area (Å²) in [7, 11) is 1.81. The number of hydrogen-bond donors (Lipinski definition) is 3. The summed E-state index contributed by atoms with van der Waals surface area (Å²) in [4.78, 5) is 23.1. The highest BCUT2D eigenvalue weighted by Crippen LogP contribution is 2.30. The van der Waals surface area contributed by atoms with Crippen molar-refractivity contribution in [2.24, 2.45) is 5.92 Å². The molecule has 0 bridgehead atoms. The summed E-state index contributed by atoms with van der Waals surface area (Å²) in [6.45, 7) is 0.654. The third-order valence-corrected chi connectivity index (χ3v) is 2.99. The zero-order valence-electron chi connectivity index (χ0n) is 11.0. The molecule has 19 heavy (non-hydrogen) atoms. The number of carbonyl (C=O) groups is 2. The minimum atomic E-state index is -0.0240. The molecule has 0 unspecified atom stereocenters. The molecule has 0 saturated heterocycles. The second kappa shape index (κ2) is 6.33. The maximum absolute atomic E-state index is 11.6. The van der Waals surface area contributed by atoms with E-state index in [0.29, 0.717) is 13.0 Å². The summed E-state index contributed by atoms with van der Waals surface area (Å²) in [6, 6.07) is 7.18. The molecule has 0 aliphatic heterocycles. The van der Waals surface area contributed by atoms with Gasteiger partial charge in [-0.2, -0.15) is 0 Å². The monoisotopic (exact) mass is 261 g/mol. The predicted octanol–water partition coefficient (Wildman–Crippen LogP) is 1.58. The molecule has 1 saturated carbocycles. The molecule has 0 atom stereocenters. The molecular formula is C14H19N3O2. The van der Waals surface area contributed by atoms with Crippen molar-refractivity contribution in [2.75, 3.05) is 24.2 Å². The first kappa shape index (κ1) is 13.5. The molecule has 1 aliphatic rings. The van der Waals surface area contributed by atoms with E-state index >= 15 is 0 Å². The van der Waals surface area contributed by atoms with E-state index < -0.39 is 0 Å². The molecule has 5 nitrogen and oxygen atoms in total. The average Bonchev–Trinajstić information content (AvgIpc) is 3.23. The summed E-state index contributed by atoms with van der Waals surface area (Å²) < 4.78 is 0. The van der Waals surface area contributed by atoms with E-state index in [0.717, 1.165) is 24.2 Å². The van der Waals surface area contributed by atoms with Crippen molar-refractivity contribution in [3.05, 3.63) is 24.3 Å². The minimum absolute atomic E-state index is 0.0240. The first-order valence-electron chi connectivity index (χ1n) is 6.54. The van der Waals surface area contributed by atoms with Crippen molar-refractivity contribution in [3.63, 3.8) is 0 Å². The Morgan fingerprint density at radius 3 is 2.21 bits per heavy atom. The topological polar surface area (TPSA) is 70.2 Å². The van der Waals surface area contributed by atoms with Crippen LogP contribution in [-0.2, 0) is 9.59 Å². The fraction of sp³-hybridized carbons (Fsp3) is 0.429. The molecule has 5 heteroatoms. The van der Waals surface area contributed by atoms with Crippen LogP contribution < -0.4 is 16.0 Å². The molecular weight excluding hydrogens is 242 g/mol. The van der Waals surface area contributed by atoms with Crippen LogP contribution in [0.5, 0.6) is 0 Å². The Balaban J connectivity index is 1.83. The average molecular weight is 261 g/mol. The molecule has 0 aromatic heterocycles. The van der Waals surface area contributed by atoms with Crippen LogP contribution in [0.25, 0.3) is 0 Å². The van der Waals surface area contributed by atoms with Crippen LogP contribution in [0, 0.1) is 5.92 Å². The summed E-state index contributed by atoms with van der Waals surface area (Å²) in [5.41, 5.74) is 1.51. The summed E-state index contributed by atoms with van der Waals surface area (Å²) in [6.07, 6.45) is 2.42. The van der Waals surface area contributed by atoms with Gasteiger partial charge in [0.1, 0.15) is 0 Å². The Kier molecular flexibility index (Phi) is 4.52. The second-order valence-corrected chi connectivity index (χ2v) is 4.74. The van der Waals surface area contributed by atoms with Gasteiger partial charge in [-0.3, -0.25) is 9.59 Å². The van der Waals surface area contributed by atoms with Gasteiger partial charge in [0.05, 0.1) is 0 Å². The van der Waals surface area contributed by atoms with E-state index in [1.807, 2.05) is 7.05 Å². The summed E-state index contributed by atoms with van der Waals surface area (Å²) >= 11 is 0. The zero-order valence-corrected chi connectivity index (χ0v) is 11.0. The normalized spacial score (nSPS) is 13.9. The van der Waals surface area contributed by atoms with Crippen LogP contribution in [0.1, 0.15) is 19.3 Å². The molecule has 1 aliphatic carbocycles. The maximum Gasteiger partial charge on any atom is 0.227 e. The van der Waals surface area contributed by atoms with E-state index in [2.05, 4.69) is 16.0 Å². The molecule has 1 aromatic carbocycles. The summed E-state index contributed by atoms with van der Waals surface area (Å²) in [5, 5.41) is 8.58. The van der Waals surface area contributed by atoms with Gasteiger partial charge in [-0.1, -0.05) is 0 Å². The molecule has 102 valence electrons. The molecule has 1 aromatic rings. The lowest BCUT2D eigenvalue weighted by Gasteiger charge is -2.07. The van der Waals surface area contributed by atoms with E-state index in [-0.39, 0.29) is 17.7 Å². The van der Waals surface area contributed by atoms with Crippen LogP contribution >= 0.6 is 0 Å². The smallest absolute Gasteiger partial charge is 0.227 e. The largest absolute Gasteiger partial charge is 0.326 e.